The Labute approximate surface area is 200 Å². The summed E-state index contributed by atoms with van der Waals surface area (Å²) in [6, 6.07) is 5.19. The van der Waals surface area contributed by atoms with Crippen molar-refractivity contribution in [1.29, 1.82) is 0 Å². The molecule has 3 aliphatic rings. The van der Waals surface area contributed by atoms with Crippen molar-refractivity contribution in [3.63, 3.8) is 0 Å². The zero-order valence-corrected chi connectivity index (χ0v) is 19.7. The number of carbonyl (C=O) groups excluding carboxylic acids is 3. The average Bonchev–Trinajstić information content (AvgIpc) is 3.53. The standard InChI is InChI=1S/C26H33N3O5/c1-3-13-29-22-12-11-19(27-15-6-10-24(27)32)16-21(22)26(34,25(29)33)18(2)7-4-9-23(31)28-14-5-8-20(28)17-30/h3-4,7,11-12,16,18,20,30,34H,1,5-6,8-10,13-15,17H2,2H3/b7-4+/t18-,20+,26+/m1/s1. The van der Waals surface area contributed by atoms with E-state index in [1.807, 2.05) is 6.07 Å². The Hall–Kier alpha value is -2.97. The predicted octanol–water partition coefficient (Wildman–Crippen LogP) is 2.10. The van der Waals surface area contributed by atoms with Crippen LogP contribution in [0.1, 0.15) is 44.6 Å². The van der Waals surface area contributed by atoms with Crippen molar-refractivity contribution in [2.75, 3.05) is 36.0 Å². The van der Waals surface area contributed by atoms with Gasteiger partial charge >= 0.3 is 0 Å². The molecule has 0 unspecified atom stereocenters. The van der Waals surface area contributed by atoms with Crippen LogP contribution in [0.2, 0.25) is 0 Å². The monoisotopic (exact) mass is 467 g/mol. The fraction of sp³-hybridized carbons (Fsp3) is 0.500. The Morgan fingerprint density at radius 1 is 1.29 bits per heavy atom. The first-order valence-electron chi connectivity index (χ1n) is 12.0. The van der Waals surface area contributed by atoms with Crippen molar-refractivity contribution in [3.05, 3.63) is 48.6 Å². The molecule has 3 aliphatic heterocycles. The predicted molar refractivity (Wildman–Crippen MR) is 129 cm³/mol. The molecule has 8 nitrogen and oxygen atoms in total. The van der Waals surface area contributed by atoms with Gasteiger partial charge in [0.15, 0.2) is 5.60 Å². The number of amides is 3. The van der Waals surface area contributed by atoms with E-state index in [0.717, 1.165) is 19.3 Å². The summed E-state index contributed by atoms with van der Waals surface area (Å²) in [5.74, 6) is -1.10. The molecule has 0 spiro atoms. The molecule has 2 saturated heterocycles. The van der Waals surface area contributed by atoms with Crippen LogP contribution in [0, 0.1) is 5.92 Å². The zero-order valence-electron chi connectivity index (χ0n) is 19.7. The highest BCUT2D eigenvalue weighted by atomic mass is 16.3. The van der Waals surface area contributed by atoms with Crippen molar-refractivity contribution < 1.29 is 24.6 Å². The second kappa shape index (κ2) is 9.72. The Morgan fingerprint density at radius 2 is 2.09 bits per heavy atom. The first kappa shape index (κ1) is 24.2. The van der Waals surface area contributed by atoms with Crippen molar-refractivity contribution in [2.24, 2.45) is 5.92 Å². The molecule has 2 fully saturated rings. The Kier molecular flexibility index (Phi) is 6.91. The number of aliphatic hydroxyl groups is 2. The van der Waals surface area contributed by atoms with E-state index < -0.39 is 17.4 Å². The summed E-state index contributed by atoms with van der Waals surface area (Å²) in [6.45, 7) is 6.94. The van der Waals surface area contributed by atoms with Gasteiger partial charge in [-0.2, -0.15) is 0 Å². The highest BCUT2D eigenvalue weighted by Crippen LogP contribution is 2.46. The molecule has 1 aromatic carbocycles. The molecule has 182 valence electrons. The first-order chi connectivity index (χ1) is 16.3. The summed E-state index contributed by atoms with van der Waals surface area (Å²) in [5, 5.41) is 21.2. The van der Waals surface area contributed by atoms with Crippen molar-refractivity contribution >= 4 is 29.1 Å². The lowest BCUT2D eigenvalue weighted by Gasteiger charge is -2.28. The molecule has 8 heteroatoms. The minimum Gasteiger partial charge on any atom is -0.394 e. The van der Waals surface area contributed by atoms with Crippen LogP contribution in [0.25, 0.3) is 0 Å². The third-order valence-electron chi connectivity index (χ3n) is 7.23. The van der Waals surface area contributed by atoms with Gasteiger partial charge in [0.1, 0.15) is 0 Å². The molecule has 34 heavy (non-hydrogen) atoms. The molecule has 4 rings (SSSR count). The Balaban J connectivity index is 1.59. The number of aliphatic hydroxyl groups excluding tert-OH is 1. The summed E-state index contributed by atoms with van der Waals surface area (Å²) >= 11 is 0. The van der Waals surface area contributed by atoms with Gasteiger partial charge in [0, 0.05) is 49.6 Å². The minimum atomic E-state index is -1.82. The van der Waals surface area contributed by atoms with E-state index in [1.54, 1.807) is 47.1 Å². The Morgan fingerprint density at radius 3 is 2.76 bits per heavy atom. The van der Waals surface area contributed by atoms with Gasteiger partial charge in [-0.3, -0.25) is 14.4 Å². The molecule has 3 heterocycles. The molecule has 0 bridgehead atoms. The van der Waals surface area contributed by atoms with Crippen LogP contribution >= 0.6 is 0 Å². The number of hydrogen-bond acceptors (Lipinski definition) is 5. The summed E-state index contributed by atoms with van der Waals surface area (Å²) in [6.07, 6.45) is 8.09. The van der Waals surface area contributed by atoms with Crippen LogP contribution < -0.4 is 9.80 Å². The molecule has 0 saturated carbocycles. The van der Waals surface area contributed by atoms with Crippen molar-refractivity contribution in [3.8, 4) is 0 Å². The lowest BCUT2D eigenvalue weighted by Crippen LogP contribution is -2.44. The number of likely N-dealkylation sites (tertiary alicyclic amines) is 1. The van der Waals surface area contributed by atoms with Gasteiger partial charge in [0.05, 0.1) is 18.3 Å². The van der Waals surface area contributed by atoms with Gasteiger partial charge in [-0.1, -0.05) is 25.2 Å². The normalized spacial score (nSPS) is 25.5. The zero-order chi connectivity index (χ0) is 24.5. The van der Waals surface area contributed by atoms with E-state index >= 15 is 0 Å². The molecule has 0 aliphatic carbocycles. The number of hydrogen-bond donors (Lipinski definition) is 2. The number of carbonyl (C=O) groups is 3. The van der Waals surface area contributed by atoms with Gasteiger partial charge in [0.25, 0.3) is 5.91 Å². The molecule has 1 aromatic rings. The SMILES string of the molecule is C=CCN1C(=O)[C@](O)([C@H](C)/C=C/CC(=O)N2CCC[C@H]2CO)c2cc(N3CCCC3=O)ccc21. The van der Waals surface area contributed by atoms with Gasteiger partial charge in [-0.25, -0.2) is 0 Å². The van der Waals surface area contributed by atoms with Gasteiger partial charge in [-0.15, -0.1) is 6.58 Å². The molecule has 3 atom stereocenters. The summed E-state index contributed by atoms with van der Waals surface area (Å²) in [5.41, 5.74) is -0.0944. The second-order valence-electron chi connectivity index (χ2n) is 9.31. The lowest BCUT2D eigenvalue weighted by molar-refractivity contribution is -0.139. The van der Waals surface area contributed by atoms with Gasteiger partial charge < -0.3 is 24.9 Å². The van der Waals surface area contributed by atoms with E-state index in [-0.39, 0.29) is 37.4 Å². The minimum absolute atomic E-state index is 0.0327. The number of fused-ring (bicyclic) bond motifs is 1. The maximum atomic E-state index is 13.4. The van der Waals surface area contributed by atoms with Crippen molar-refractivity contribution in [1.82, 2.24) is 4.90 Å². The largest absolute Gasteiger partial charge is 0.394 e. The van der Waals surface area contributed by atoms with Crippen LogP contribution in [0.3, 0.4) is 0 Å². The van der Waals surface area contributed by atoms with E-state index in [1.165, 1.54) is 4.90 Å². The summed E-state index contributed by atoms with van der Waals surface area (Å²) in [4.78, 5) is 43.2. The van der Waals surface area contributed by atoms with Crippen molar-refractivity contribution in [2.45, 2.75) is 50.7 Å². The van der Waals surface area contributed by atoms with Crippen LogP contribution in [0.5, 0.6) is 0 Å². The van der Waals surface area contributed by atoms with E-state index in [2.05, 4.69) is 6.58 Å². The maximum absolute atomic E-state index is 13.4. The van der Waals surface area contributed by atoms with Crippen LogP contribution in [0.4, 0.5) is 11.4 Å². The highest BCUT2D eigenvalue weighted by Gasteiger charge is 2.52. The molecule has 3 amide bonds. The number of benzene rings is 1. The number of anilines is 2. The third-order valence-corrected chi connectivity index (χ3v) is 7.23. The van der Waals surface area contributed by atoms with E-state index in [0.29, 0.717) is 36.4 Å². The molecular formula is C26H33N3O5. The molecule has 0 aromatic heterocycles. The first-order valence-corrected chi connectivity index (χ1v) is 12.0. The third kappa shape index (κ3) is 4.05. The molecular weight excluding hydrogens is 434 g/mol. The van der Waals surface area contributed by atoms with Gasteiger partial charge in [0.2, 0.25) is 11.8 Å². The molecule has 0 radical (unpaired) electrons. The van der Waals surface area contributed by atoms with E-state index in [4.69, 9.17) is 0 Å². The maximum Gasteiger partial charge on any atom is 0.264 e. The number of rotatable bonds is 8. The second-order valence-corrected chi connectivity index (χ2v) is 9.31. The Bertz CT molecular complexity index is 1020. The quantitative estimate of drug-likeness (QED) is 0.570. The van der Waals surface area contributed by atoms with Crippen LogP contribution in [-0.2, 0) is 20.0 Å². The van der Waals surface area contributed by atoms with Gasteiger partial charge in [-0.05, 0) is 37.5 Å². The highest BCUT2D eigenvalue weighted by molar-refractivity contribution is 6.08. The fourth-order valence-electron chi connectivity index (χ4n) is 5.32. The summed E-state index contributed by atoms with van der Waals surface area (Å²) < 4.78 is 0. The molecule has 2 N–H and O–H groups in total. The van der Waals surface area contributed by atoms with Crippen LogP contribution in [0.15, 0.2) is 43.0 Å². The average molecular weight is 468 g/mol. The summed E-state index contributed by atoms with van der Waals surface area (Å²) in [7, 11) is 0. The fourth-order valence-corrected chi connectivity index (χ4v) is 5.32. The van der Waals surface area contributed by atoms with Crippen LogP contribution in [-0.4, -0.2) is 65.1 Å². The topological polar surface area (TPSA) is 101 Å². The number of nitrogens with zero attached hydrogens (tertiary/aromatic N) is 3. The van der Waals surface area contributed by atoms with E-state index in [9.17, 15) is 24.6 Å². The smallest absolute Gasteiger partial charge is 0.264 e. The lowest BCUT2D eigenvalue weighted by atomic mass is 9.82.